The van der Waals surface area contributed by atoms with Crippen molar-refractivity contribution in [2.45, 2.75) is 44.6 Å². The van der Waals surface area contributed by atoms with Crippen LogP contribution in [0.2, 0.25) is 10.0 Å². The van der Waals surface area contributed by atoms with Crippen molar-refractivity contribution in [2.75, 3.05) is 17.3 Å². The Balaban J connectivity index is 1.60. The number of nitrogens with zero attached hydrogens (tertiary/aromatic N) is 2. The number of halogens is 3. The number of sulfonamides is 1. The summed E-state index contributed by atoms with van der Waals surface area (Å²) >= 11 is 12.7. The summed E-state index contributed by atoms with van der Waals surface area (Å²) in [5.74, 6) is -0.842. The summed E-state index contributed by atoms with van der Waals surface area (Å²) in [6.45, 7) is 5.19. The van der Waals surface area contributed by atoms with E-state index in [4.69, 9.17) is 32.5 Å². The average Bonchev–Trinajstić information content (AvgIpc) is 3.20. The fraction of sp³-hybridized carbons (Fsp3) is 0.370. The van der Waals surface area contributed by atoms with Crippen molar-refractivity contribution in [3.05, 3.63) is 81.8 Å². The van der Waals surface area contributed by atoms with E-state index in [-0.39, 0.29) is 40.8 Å². The molecule has 0 saturated heterocycles. The second kappa shape index (κ2) is 12.2. The fourth-order valence-corrected chi connectivity index (χ4v) is 7.56. The Morgan fingerprint density at radius 3 is 2.55 bits per heavy atom. The van der Waals surface area contributed by atoms with Gasteiger partial charge in [-0.05, 0) is 67.8 Å². The minimum atomic E-state index is -4.02. The van der Waals surface area contributed by atoms with Gasteiger partial charge in [0.05, 0.1) is 39.7 Å². The van der Waals surface area contributed by atoms with Gasteiger partial charge in [-0.25, -0.2) is 17.5 Å². The SMILES string of the molecule is CCCS(=O)(=O)OC1=CCC([C@@H]2[C@H](C)C(CNS(=O)(=O)c3cc(F)ccc3C)=NN2c2ccc(Cl)cc2Cl)C=C1. The second-order valence-electron chi connectivity index (χ2n) is 9.76. The minimum absolute atomic E-state index is 0.0770. The fourth-order valence-electron chi connectivity index (χ4n) is 4.82. The molecule has 0 aromatic heterocycles. The molecule has 3 atom stereocenters. The van der Waals surface area contributed by atoms with Crippen molar-refractivity contribution in [2.24, 2.45) is 16.9 Å². The monoisotopic (exact) mass is 629 g/mol. The zero-order chi connectivity index (χ0) is 29.2. The summed E-state index contributed by atoms with van der Waals surface area (Å²) < 4.78 is 71.8. The van der Waals surface area contributed by atoms with Crippen molar-refractivity contribution in [1.82, 2.24) is 4.72 Å². The highest BCUT2D eigenvalue weighted by Crippen LogP contribution is 2.40. The van der Waals surface area contributed by atoms with Crippen LogP contribution in [0, 0.1) is 24.6 Å². The Morgan fingerprint density at radius 2 is 1.90 bits per heavy atom. The molecule has 8 nitrogen and oxygen atoms in total. The summed E-state index contributed by atoms with van der Waals surface area (Å²) in [6, 6.07) is 8.35. The number of anilines is 1. The lowest BCUT2D eigenvalue weighted by molar-refractivity contribution is 0.395. The summed E-state index contributed by atoms with van der Waals surface area (Å²) in [7, 11) is -7.69. The quantitative estimate of drug-likeness (QED) is 0.332. The Labute approximate surface area is 244 Å². The summed E-state index contributed by atoms with van der Waals surface area (Å²) in [5.41, 5.74) is 1.56. The summed E-state index contributed by atoms with van der Waals surface area (Å²) in [6.07, 6.45) is 6.12. The van der Waals surface area contributed by atoms with E-state index >= 15 is 0 Å². The van der Waals surface area contributed by atoms with Gasteiger partial charge in [-0.15, -0.1) is 0 Å². The maximum Gasteiger partial charge on any atom is 0.309 e. The molecule has 1 N–H and O–H groups in total. The standard InChI is InChI=1S/C27H30Cl2FN3O5S2/c1-4-13-39(34,35)38-22-10-6-19(7-11-22)27-18(3)24(32-33(27)25-12-8-20(28)14-23(25)29)16-31-40(36,37)26-15-21(30)9-5-17(26)2/h5-6,8-12,14-15,18-19,27,31H,4,7,13,16H2,1-3H3/t18-,19?,27+/m1/s1. The largest absolute Gasteiger partial charge is 0.383 e. The molecule has 216 valence electrons. The molecule has 13 heteroatoms. The molecular weight excluding hydrogens is 600 g/mol. The van der Waals surface area contributed by atoms with Gasteiger partial charge in [0.1, 0.15) is 11.6 Å². The normalized spacial score (nSPS) is 21.4. The Morgan fingerprint density at radius 1 is 1.15 bits per heavy atom. The van der Waals surface area contributed by atoms with Crippen LogP contribution in [0.3, 0.4) is 0 Å². The predicted octanol–water partition coefficient (Wildman–Crippen LogP) is 5.82. The number of hydrogen-bond donors (Lipinski definition) is 1. The van der Waals surface area contributed by atoms with Gasteiger partial charge >= 0.3 is 10.1 Å². The van der Waals surface area contributed by atoms with Crippen molar-refractivity contribution in [3.8, 4) is 0 Å². The van der Waals surface area contributed by atoms with Crippen LogP contribution < -0.4 is 9.73 Å². The van der Waals surface area contributed by atoms with Crippen molar-refractivity contribution >= 4 is 54.7 Å². The molecular formula is C27H30Cl2FN3O5S2. The van der Waals surface area contributed by atoms with E-state index < -0.39 is 26.0 Å². The topological polar surface area (TPSA) is 105 Å². The molecule has 40 heavy (non-hydrogen) atoms. The van der Waals surface area contributed by atoms with Gasteiger partial charge in [0.15, 0.2) is 0 Å². The molecule has 0 radical (unpaired) electrons. The second-order valence-corrected chi connectivity index (χ2v) is 14.0. The molecule has 1 aliphatic heterocycles. The van der Waals surface area contributed by atoms with E-state index in [1.807, 2.05) is 13.0 Å². The van der Waals surface area contributed by atoms with Gasteiger partial charge in [0.2, 0.25) is 10.0 Å². The molecule has 1 aliphatic carbocycles. The molecule has 0 amide bonds. The van der Waals surface area contributed by atoms with Crippen LogP contribution in [0.15, 0.2) is 70.4 Å². The highest BCUT2D eigenvalue weighted by Gasteiger charge is 2.40. The van der Waals surface area contributed by atoms with Crippen molar-refractivity contribution in [3.63, 3.8) is 0 Å². The zero-order valence-electron chi connectivity index (χ0n) is 22.1. The van der Waals surface area contributed by atoms with Gasteiger partial charge in [-0.3, -0.25) is 5.01 Å². The number of hydrogen-bond acceptors (Lipinski definition) is 7. The Kier molecular flexibility index (Phi) is 9.31. The van der Waals surface area contributed by atoms with Crippen molar-refractivity contribution < 1.29 is 25.4 Å². The lowest BCUT2D eigenvalue weighted by Crippen LogP contribution is -2.40. The smallest absolute Gasteiger partial charge is 0.309 e. The molecule has 4 rings (SSSR count). The first kappa shape index (κ1) is 30.5. The number of rotatable bonds is 10. The lowest BCUT2D eigenvalue weighted by atomic mass is 9.83. The summed E-state index contributed by atoms with van der Waals surface area (Å²) in [4.78, 5) is -0.140. The first-order valence-corrected chi connectivity index (χ1v) is 16.5. The van der Waals surface area contributed by atoms with Crippen LogP contribution in [0.5, 0.6) is 0 Å². The maximum absolute atomic E-state index is 13.8. The maximum atomic E-state index is 13.8. The first-order chi connectivity index (χ1) is 18.8. The zero-order valence-corrected chi connectivity index (χ0v) is 25.3. The molecule has 0 bridgehead atoms. The molecule has 0 fully saturated rings. The molecule has 2 aromatic rings. The third-order valence-corrected chi connectivity index (χ3v) is 10.2. The molecule has 2 aliphatic rings. The van der Waals surface area contributed by atoms with Crippen LogP contribution in [0.25, 0.3) is 0 Å². The molecule has 1 unspecified atom stereocenters. The Bertz CT molecular complexity index is 1590. The highest BCUT2D eigenvalue weighted by atomic mass is 35.5. The highest BCUT2D eigenvalue weighted by molar-refractivity contribution is 7.89. The van der Waals surface area contributed by atoms with E-state index in [1.165, 1.54) is 12.1 Å². The number of hydrazone groups is 1. The van der Waals surface area contributed by atoms with Crippen LogP contribution in [-0.4, -0.2) is 40.9 Å². The van der Waals surface area contributed by atoms with E-state index in [0.29, 0.717) is 39.8 Å². The van der Waals surface area contributed by atoms with Crippen LogP contribution in [0.4, 0.5) is 10.1 Å². The average molecular weight is 631 g/mol. The summed E-state index contributed by atoms with van der Waals surface area (Å²) in [5, 5.41) is 7.34. The van der Waals surface area contributed by atoms with Gasteiger partial charge in [0.25, 0.3) is 0 Å². The van der Waals surface area contributed by atoms with Gasteiger partial charge in [0, 0.05) is 16.9 Å². The molecule has 1 heterocycles. The van der Waals surface area contributed by atoms with E-state index in [2.05, 4.69) is 4.72 Å². The molecule has 0 spiro atoms. The number of allylic oxidation sites excluding steroid dienone is 2. The molecule has 2 aromatic carbocycles. The van der Waals surface area contributed by atoms with Crippen molar-refractivity contribution in [1.29, 1.82) is 0 Å². The third-order valence-electron chi connectivity index (χ3n) is 6.81. The number of nitrogens with one attached hydrogen (secondary N) is 1. The van der Waals surface area contributed by atoms with Crippen LogP contribution >= 0.6 is 23.2 Å². The van der Waals surface area contributed by atoms with Gasteiger partial charge in [-0.2, -0.15) is 13.5 Å². The predicted molar refractivity (Wildman–Crippen MR) is 156 cm³/mol. The van der Waals surface area contributed by atoms with E-state index in [0.717, 1.165) is 6.07 Å². The number of benzene rings is 2. The Hall–Kier alpha value is -2.44. The first-order valence-electron chi connectivity index (χ1n) is 12.7. The van der Waals surface area contributed by atoms with Gasteiger partial charge < -0.3 is 4.18 Å². The molecule has 0 saturated carbocycles. The van der Waals surface area contributed by atoms with Crippen LogP contribution in [-0.2, 0) is 24.3 Å². The van der Waals surface area contributed by atoms with E-state index in [1.54, 1.807) is 49.2 Å². The third kappa shape index (κ3) is 6.88. The van der Waals surface area contributed by atoms with E-state index in [9.17, 15) is 21.2 Å². The number of aryl methyl sites for hydroxylation is 1. The minimum Gasteiger partial charge on any atom is -0.383 e. The van der Waals surface area contributed by atoms with Gasteiger partial charge in [-0.1, -0.05) is 49.2 Å². The lowest BCUT2D eigenvalue weighted by Gasteiger charge is -2.33. The van der Waals surface area contributed by atoms with Crippen LogP contribution in [0.1, 0.15) is 32.3 Å².